The third kappa shape index (κ3) is 2.56. The van der Waals surface area contributed by atoms with Crippen LogP contribution in [0.4, 0.5) is 0 Å². The van der Waals surface area contributed by atoms with Gasteiger partial charge in [-0.05, 0) is 17.7 Å². The number of nitrogens with two attached hydrogens (primary N) is 1. The molecule has 0 saturated heterocycles. The van der Waals surface area contributed by atoms with Gasteiger partial charge in [-0.1, -0.05) is 22.0 Å². The molecule has 2 rings (SSSR count). The van der Waals surface area contributed by atoms with Crippen molar-refractivity contribution in [2.45, 2.75) is 5.75 Å². The highest BCUT2D eigenvalue weighted by Crippen LogP contribution is 2.25. The first-order valence-electron chi connectivity index (χ1n) is 4.84. The maximum Gasteiger partial charge on any atom is 0.0468 e. The predicted molar refractivity (Wildman–Crippen MR) is 71.2 cm³/mol. The Hall–Kier alpha value is -0.450. The highest BCUT2D eigenvalue weighted by atomic mass is 79.9. The molecule has 0 fully saturated rings. The Kier molecular flexibility index (Phi) is 3.72. The lowest BCUT2D eigenvalue weighted by Crippen LogP contribution is -2.01. The Balaban J connectivity index is 2.21. The topological polar surface area (TPSA) is 41.8 Å². The van der Waals surface area contributed by atoms with Crippen molar-refractivity contribution in [1.29, 1.82) is 0 Å². The molecule has 0 amide bonds. The van der Waals surface area contributed by atoms with Crippen LogP contribution in [0.15, 0.2) is 28.9 Å². The van der Waals surface area contributed by atoms with E-state index in [0.29, 0.717) is 0 Å². The van der Waals surface area contributed by atoms with E-state index in [-0.39, 0.29) is 0 Å². The molecule has 1 aromatic heterocycles. The molecule has 3 N–H and O–H groups in total. The molecule has 1 heterocycles. The maximum atomic E-state index is 5.47. The largest absolute Gasteiger partial charge is 0.361 e. The first-order chi connectivity index (χ1) is 7.31. The molecule has 0 atom stereocenters. The summed E-state index contributed by atoms with van der Waals surface area (Å²) in [5, 5.41) is 1.31. The van der Waals surface area contributed by atoms with Crippen LogP contribution in [0.3, 0.4) is 0 Å². The van der Waals surface area contributed by atoms with E-state index < -0.39 is 0 Å². The van der Waals surface area contributed by atoms with Gasteiger partial charge in [0.05, 0.1) is 0 Å². The van der Waals surface area contributed by atoms with Crippen LogP contribution >= 0.6 is 27.7 Å². The molecule has 0 spiro atoms. The van der Waals surface area contributed by atoms with E-state index >= 15 is 0 Å². The van der Waals surface area contributed by atoms with Gasteiger partial charge in [0.15, 0.2) is 0 Å². The Morgan fingerprint density at radius 1 is 1.40 bits per heavy atom. The Bertz CT molecular complexity index is 453. The summed E-state index contributed by atoms with van der Waals surface area (Å²) in [6.45, 7) is 0.749. The molecule has 2 aromatic rings. The number of rotatable bonds is 4. The summed E-state index contributed by atoms with van der Waals surface area (Å²) in [5.74, 6) is 2.04. The zero-order valence-electron chi connectivity index (χ0n) is 8.29. The summed E-state index contributed by atoms with van der Waals surface area (Å²) < 4.78 is 1.11. The molecule has 80 valence electrons. The van der Waals surface area contributed by atoms with Gasteiger partial charge in [0.25, 0.3) is 0 Å². The smallest absolute Gasteiger partial charge is 0.0468 e. The quantitative estimate of drug-likeness (QED) is 0.847. The molecule has 4 heteroatoms. The predicted octanol–water partition coefficient (Wildman–Crippen LogP) is 3.12. The SMILES string of the molecule is NCCSCc1c[nH]c2cc(Br)ccc12. The molecule has 0 bridgehead atoms. The zero-order chi connectivity index (χ0) is 10.7. The Morgan fingerprint density at radius 3 is 3.07 bits per heavy atom. The molecule has 0 radical (unpaired) electrons. The number of aromatic nitrogens is 1. The summed E-state index contributed by atoms with van der Waals surface area (Å²) >= 11 is 5.34. The van der Waals surface area contributed by atoms with Crippen molar-refractivity contribution in [3.8, 4) is 0 Å². The lowest BCUT2D eigenvalue weighted by molar-refractivity contribution is 1.15. The highest BCUT2D eigenvalue weighted by molar-refractivity contribution is 9.10. The Morgan fingerprint density at radius 2 is 2.27 bits per heavy atom. The summed E-state index contributed by atoms with van der Waals surface area (Å²) in [5.41, 5.74) is 8.01. The van der Waals surface area contributed by atoms with E-state index in [1.54, 1.807) is 0 Å². The van der Waals surface area contributed by atoms with Crippen LogP contribution in [0.25, 0.3) is 10.9 Å². The maximum absolute atomic E-state index is 5.47. The first kappa shape index (κ1) is 11.0. The standard InChI is InChI=1S/C11H13BrN2S/c12-9-1-2-10-8(7-15-4-3-13)6-14-11(10)5-9/h1-2,5-6,14H,3-4,7,13H2. The van der Waals surface area contributed by atoms with Crippen molar-refractivity contribution in [2.24, 2.45) is 5.73 Å². The van der Waals surface area contributed by atoms with E-state index in [4.69, 9.17) is 5.73 Å². The van der Waals surface area contributed by atoms with Gasteiger partial charge in [-0.15, -0.1) is 0 Å². The second-order valence-electron chi connectivity index (χ2n) is 3.35. The average molecular weight is 285 g/mol. The van der Waals surface area contributed by atoms with Gasteiger partial charge in [0.2, 0.25) is 0 Å². The van der Waals surface area contributed by atoms with Crippen molar-refractivity contribution in [2.75, 3.05) is 12.3 Å². The minimum absolute atomic E-state index is 0.749. The van der Waals surface area contributed by atoms with Crippen molar-refractivity contribution < 1.29 is 0 Å². The summed E-state index contributed by atoms with van der Waals surface area (Å²) in [6, 6.07) is 6.33. The monoisotopic (exact) mass is 284 g/mol. The molecule has 0 aliphatic heterocycles. The number of hydrogen-bond acceptors (Lipinski definition) is 2. The zero-order valence-corrected chi connectivity index (χ0v) is 10.7. The molecular weight excluding hydrogens is 272 g/mol. The van der Waals surface area contributed by atoms with Crippen molar-refractivity contribution >= 4 is 38.6 Å². The first-order valence-corrected chi connectivity index (χ1v) is 6.79. The number of nitrogens with one attached hydrogen (secondary N) is 1. The normalized spacial score (nSPS) is 11.1. The highest BCUT2D eigenvalue weighted by Gasteiger charge is 2.03. The fraction of sp³-hybridized carbons (Fsp3) is 0.273. The van der Waals surface area contributed by atoms with E-state index in [1.165, 1.54) is 16.5 Å². The number of hydrogen-bond donors (Lipinski definition) is 2. The van der Waals surface area contributed by atoms with Gasteiger partial charge >= 0.3 is 0 Å². The molecule has 0 aliphatic carbocycles. The fourth-order valence-electron chi connectivity index (χ4n) is 1.54. The van der Waals surface area contributed by atoms with Crippen LogP contribution in [-0.2, 0) is 5.75 Å². The third-order valence-corrected chi connectivity index (χ3v) is 3.78. The van der Waals surface area contributed by atoms with Crippen LogP contribution < -0.4 is 5.73 Å². The number of benzene rings is 1. The number of H-pyrrole nitrogens is 1. The minimum atomic E-state index is 0.749. The lowest BCUT2D eigenvalue weighted by Gasteiger charge is -1.98. The van der Waals surface area contributed by atoms with Crippen LogP contribution in [-0.4, -0.2) is 17.3 Å². The van der Waals surface area contributed by atoms with E-state index in [9.17, 15) is 0 Å². The van der Waals surface area contributed by atoms with Crippen LogP contribution in [0, 0.1) is 0 Å². The van der Waals surface area contributed by atoms with Gasteiger partial charge in [-0.25, -0.2) is 0 Å². The number of aromatic amines is 1. The van der Waals surface area contributed by atoms with Gasteiger partial charge in [-0.3, -0.25) is 0 Å². The van der Waals surface area contributed by atoms with Gasteiger partial charge in [0.1, 0.15) is 0 Å². The van der Waals surface area contributed by atoms with Gasteiger partial charge in [0, 0.05) is 39.6 Å². The van der Waals surface area contributed by atoms with E-state index in [0.717, 1.165) is 22.5 Å². The average Bonchev–Trinajstić information content (AvgIpc) is 2.61. The van der Waals surface area contributed by atoms with E-state index in [1.807, 2.05) is 11.8 Å². The van der Waals surface area contributed by atoms with Crippen LogP contribution in [0.1, 0.15) is 5.56 Å². The second-order valence-corrected chi connectivity index (χ2v) is 5.37. The number of thioether (sulfide) groups is 1. The molecule has 15 heavy (non-hydrogen) atoms. The second kappa shape index (κ2) is 5.05. The van der Waals surface area contributed by atoms with Crippen molar-refractivity contribution in [3.63, 3.8) is 0 Å². The summed E-state index contributed by atoms with van der Waals surface area (Å²) in [6.07, 6.45) is 2.08. The van der Waals surface area contributed by atoms with Gasteiger partial charge in [-0.2, -0.15) is 11.8 Å². The van der Waals surface area contributed by atoms with Gasteiger partial charge < -0.3 is 10.7 Å². The van der Waals surface area contributed by atoms with Crippen molar-refractivity contribution in [1.82, 2.24) is 4.98 Å². The van der Waals surface area contributed by atoms with Crippen LogP contribution in [0.5, 0.6) is 0 Å². The molecule has 2 nitrogen and oxygen atoms in total. The van der Waals surface area contributed by atoms with Crippen molar-refractivity contribution in [3.05, 3.63) is 34.4 Å². The minimum Gasteiger partial charge on any atom is -0.361 e. The molecule has 1 aromatic carbocycles. The summed E-state index contributed by atoms with van der Waals surface area (Å²) in [4.78, 5) is 3.28. The number of halogens is 1. The van der Waals surface area contributed by atoms with E-state index in [2.05, 4.69) is 45.3 Å². The molecule has 0 saturated carbocycles. The fourth-order valence-corrected chi connectivity index (χ4v) is 2.67. The van der Waals surface area contributed by atoms with Crippen LogP contribution in [0.2, 0.25) is 0 Å². The third-order valence-electron chi connectivity index (χ3n) is 2.25. The Labute approximate surface area is 102 Å². The molecular formula is C11H13BrN2S. The summed E-state index contributed by atoms with van der Waals surface area (Å²) in [7, 11) is 0. The number of fused-ring (bicyclic) bond motifs is 1. The molecule has 0 aliphatic rings. The lowest BCUT2D eigenvalue weighted by atomic mass is 10.2. The molecule has 0 unspecified atom stereocenters.